The summed E-state index contributed by atoms with van der Waals surface area (Å²) in [4.78, 5) is 36.7. The molecule has 2 heterocycles. The average Bonchev–Trinajstić information content (AvgIpc) is 3.22. The highest BCUT2D eigenvalue weighted by atomic mass is 16.7. The molecule has 3 amide bonds. The minimum Gasteiger partial charge on any atom is -0.454 e. The van der Waals surface area contributed by atoms with Gasteiger partial charge in [0.1, 0.15) is 5.70 Å². The third-order valence-electron chi connectivity index (χ3n) is 4.44. The lowest BCUT2D eigenvalue weighted by molar-refractivity contribution is -0.385. The fourth-order valence-electron chi connectivity index (χ4n) is 2.97. The first-order chi connectivity index (χ1) is 13.4. The van der Waals surface area contributed by atoms with Gasteiger partial charge in [-0.05, 0) is 24.6 Å². The smallest absolute Gasteiger partial charge is 0.329 e. The zero-order valence-electron chi connectivity index (χ0n) is 14.8. The summed E-state index contributed by atoms with van der Waals surface area (Å²) in [7, 11) is 0. The molecule has 0 radical (unpaired) electrons. The van der Waals surface area contributed by atoms with Crippen molar-refractivity contribution in [1.82, 2.24) is 10.2 Å². The molecule has 1 saturated heterocycles. The Morgan fingerprint density at radius 3 is 2.54 bits per heavy atom. The number of ether oxygens (including phenoxy) is 2. The highest BCUT2D eigenvalue weighted by Crippen LogP contribution is 2.38. The average molecular weight is 381 g/mol. The van der Waals surface area contributed by atoms with Gasteiger partial charge in [-0.2, -0.15) is 0 Å². The van der Waals surface area contributed by atoms with Gasteiger partial charge in [-0.3, -0.25) is 19.8 Å². The molecule has 0 bridgehead atoms. The lowest BCUT2D eigenvalue weighted by atomic mass is 10.1. The van der Waals surface area contributed by atoms with E-state index in [1.165, 1.54) is 18.2 Å². The van der Waals surface area contributed by atoms with Crippen molar-refractivity contribution in [2.24, 2.45) is 0 Å². The van der Waals surface area contributed by atoms with E-state index >= 15 is 0 Å². The van der Waals surface area contributed by atoms with Gasteiger partial charge in [-0.25, -0.2) is 4.79 Å². The third kappa shape index (κ3) is 3.13. The maximum Gasteiger partial charge on any atom is 0.329 e. The van der Waals surface area contributed by atoms with Crippen LogP contribution in [0.4, 0.5) is 10.5 Å². The molecule has 0 unspecified atom stereocenters. The molecule has 2 aliphatic rings. The standard InChI is InChI=1S/C19H15N3O6/c1-11-2-4-12(5-3-11)9-21-18(23)14(20-19(21)24)6-13-7-16-17(28-10-27-16)8-15(13)22(25)26/h2-8H,9-10H2,1H3,(H,20,24)/b14-6-. The molecule has 9 heteroatoms. The number of rotatable bonds is 4. The topological polar surface area (TPSA) is 111 Å². The number of fused-ring (bicyclic) bond motifs is 1. The number of nitro groups is 1. The van der Waals surface area contributed by atoms with Crippen molar-refractivity contribution >= 4 is 23.7 Å². The van der Waals surface area contributed by atoms with Crippen molar-refractivity contribution in [3.05, 3.63) is 68.9 Å². The number of hydrogen-bond acceptors (Lipinski definition) is 6. The van der Waals surface area contributed by atoms with Crippen molar-refractivity contribution in [2.45, 2.75) is 13.5 Å². The number of carbonyl (C=O) groups is 2. The van der Waals surface area contributed by atoms with Gasteiger partial charge in [-0.1, -0.05) is 29.8 Å². The second-order valence-electron chi connectivity index (χ2n) is 6.39. The third-order valence-corrected chi connectivity index (χ3v) is 4.44. The Bertz CT molecular complexity index is 1030. The van der Waals surface area contributed by atoms with Crippen molar-refractivity contribution in [3.63, 3.8) is 0 Å². The van der Waals surface area contributed by atoms with E-state index in [0.717, 1.165) is 16.0 Å². The molecule has 2 aliphatic heterocycles. The van der Waals surface area contributed by atoms with Gasteiger partial charge in [0.05, 0.1) is 23.1 Å². The Kier molecular flexibility index (Phi) is 4.19. The zero-order chi connectivity index (χ0) is 19.8. The highest BCUT2D eigenvalue weighted by Gasteiger charge is 2.34. The van der Waals surface area contributed by atoms with E-state index in [1.807, 2.05) is 31.2 Å². The summed E-state index contributed by atoms with van der Waals surface area (Å²) in [6.45, 7) is 2.01. The van der Waals surface area contributed by atoms with Crippen LogP contribution in [0.25, 0.3) is 6.08 Å². The fourth-order valence-corrected chi connectivity index (χ4v) is 2.97. The Hall–Kier alpha value is -3.88. The monoisotopic (exact) mass is 381 g/mol. The normalized spacial score (nSPS) is 16.6. The molecular formula is C19H15N3O6. The summed E-state index contributed by atoms with van der Waals surface area (Å²) < 4.78 is 10.4. The number of nitrogens with one attached hydrogen (secondary N) is 1. The summed E-state index contributed by atoms with van der Waals surface area (Å²) >= 11 is 0. The molecule has 2 aromatic rings. The Balaban J connectivity index is 1.64. The van der Waals surface area contributed by atoms with Gasteiger partial charge in [-0.15, -0.1) is 0 Å². The van der Waals surface area contributed by atoms with E-state index in [1.54, 1.807) is 0 Å². The maximum absolute atomic E-state index is 12.7. The van der Waals surface area contributed by atoms with Crippen molar-refractivity contribution in [2.75, 3.05) is 6.79 Å². The van der Waals surface area contributed by atoms with E-state index in [9.17, 15) is 19.7 Å². The number of carbonyl (C=O) groups excluding carboxylic acids is 2. The van der Waals surface area contributed by atoms with E-state index < -0.39 is 16.9 Å². The molecule has 1 fully saturated rings. The van der Waals surface area contributed by atoms with Crippen LogP contribution in [0.3, 0.4) is 0 Å². The summed E-state index contributed by atoms with van der Waals surface area (Å²) in [5.41, 5.74) is 1.70. The van der Waals surface area contributed by atoms with Crippen LogP contribution in [-0.4, -0.2) is 28.6 Å². The van der Waals surface area contributed by atoms with Crippen molar-refractivity contribution in [1.29, 1.82) is 0 Å². The molecule has 0 atom stereocenters. The second kappa shape index (κ2) is 6.69. The number of amides is 3. The van der Waals surface area contributed by atoms with Crippen LogP contribution in [0.1, 0.15) is 16.7 Å². The van der Waals surface area contributed by atoms with Gasteiger partial charge in [0.2, 0.25) is 6.79 Å². The number of benzene rings is 2. The van der Waals surface area contributed by atoms with Crippen molar-refractivity contribution in [3.8, 4) is 11.5 Å². The molecule has 142 valence electrons. The SMILES string of the molecule is Cc1ccc(CN2C(=O)N/C(=C\c3cc4c(cc3[N+](=O)[O-])OCO4)C2=O)cc1. The molecular weight excluding hydrogens is 366 g/mol. The lowest BCUT2D eigenvalue weighted by Gasteiger charge is -2.11. The summed E-state index contributed by atoms with van der Waals surface area (Å²) in [6, 6.07) is 9.51. The molecule has 4 rings (SSSR count). The van der Waals surface area contributed by atoms with E-state index in [2.05, 4.69) is 5.32 Å². The first kappa shape index (κ1) is 17.5. The molecule has 0 aliphatic carbocycles. The summed E-state index contributed by atoms with van der Waals surface area (Å²) in [5.74, 6) is 0.0416. The number of imide groups is 1. The molecule has 0 spiro atoms. The minimum atomic E-state index is -0.584. The Morgan fingerprint density at radius 1 is 1.18 bits per heavy atom. The number of aryl methyl sites for hydroxylation is 1. The van der Waals surface area contributed by atoms with Gasteiger partial charge in [0.25, 0.3) is 11.6 Å². The van der Waals surface area contributed by atoms with E-state index in [4.69, 9.17) is 9.47 Å². The number of nitrogens with zero attached hydrogens (tertiary/aromatic N) is 2. The molecule has 0 saturated carbocycles. The molecule has 28 heavy (non-hydrogen) atoms. The van der Waals surface area contributed by atoms with Crippen LogP contribution in [0, 0.1) is 17.0 Å². The minimum absolute atomic E-state index is 0.0352. The van der Waals surface area contributed by atoms with Crippen LogP contribution in [0.5, 0.6) is 11.5 Å². The van der Waals surface area contributed by atoms with Gasteiger partial charge in [0.15, 0.2) is 11.5 Å². The van der Waals surface area contributed by atoms with Crippen LogP contribution in [0.2, 0.25) is 0 Å². The predicted octanol–water partition coefficient (Wildman–Crippen LogP) is 2.72. The Labute approximate surface area is 159 Å². The Morgan fingerprint density at radius 2 is 1.86 bits per heavy atom. The number of urea groups is 1. The first-order valence-corrected chi connectivity index (χ1v) is 8.40. The lowest BCUT2D eigenvalue weighted by Crippen LogP contribution is -2.30. The quantitative estimate of drug-likeness (QED) is 0.377. The van der Waals surface area contributed by atoms with E-state index in [-0.39, 0.29) is 36.0 Å². The number of nitro benzene ring substituents is 1. The largest absolute Gasteiger partial charge is 0.454 e. The van der Waals surface area contributed by atoms with E-state index in [0.29, 0.717) is 5.75 Å². The highest BCUT2D eigenvalue weighted by molar-refractivity contribution is 6.14. The summed E-state index contributed by atoms with van der Waals surface area (Å²) in [5, 5.41) is 13.8. The molecule has 1 N–H and O–H groups in total. The zero-order valence-corrected chi connectivity index (χ0v) is 14.8. The fraction of sp³-hybridized carbons (Fsp3) is 0.158. The second-order valence-corrected chi connectivity index (χ2v) is 6.39. The molecule has 2 aromatic carbocycles. The maximum atomic E-state index is 12.7. The molecule has 0 aromatic heterocycles. The van der Waals surface area contributed by atoms with Gasteiger partial charge >= 0.3 is 6.03 Å². The van der Waals surface area contributed by atoms with Crippen LogP contribution in [-0.2, 0) is 11.3 Å². The predicted molar refractivity (Wildman–Crippen MR) is 97.5 cm³/mol. The summed E-state index contributed by atoms with van der Waals surface area (Å²) in [6.07, 6.45) is 1.27. The van der Waals surface area contributed by atoms with Crippen LogP contribution < -0.4 is 14.8 Å². The van der Waals surface area contributed by atoms with Crippen LogP contribution in [0.15, 0.2) is 42.1 Å². The molecule has 9 nitrogen and oxygen atoms in total. The van der Waals surface area contributed by atoms with Crippen molar-refractivity contribution < 1.29 is 24.0 Å². The number of hydrogen-bond donors (Lipinski definition) is 1. The van der Waals surface area contributed by atoms with Gasteiger partial charge < -0.3 is 14.8 Å². The first-order valence-electron chi connectivity index (χ1n) is 8.40. The van der Waals surface area contributed by atoms with Crippen LogP contribution >= 0.6 is 0 Å². The van der Waals surface area contributed by atoms with Gasteiger partial charge in [0, 0.05) is 0 Å².